The van der Waals surface area contributed by atoms with Gasteiger partial charge in [0.2, 0.25) is 11.9 Å². The van der Waals surface area contributed by atoms with Gasteiger partial charge in [0.05, 0.1) is 5.39 Å². The molecule has 1 aliphatic heterocycles. The Morgan fingerprint density at radius 1 is 1.13 bits per heavy atom. The second kappa shape index (κ2) is 15.7. The van der Waals surface area contributed by atoms with E-state index in [9.17, 15) is 4.79 Å². The van der Waals surface area contributed by atoms with Crippen molar-refractivity contribution in [3.8, 4) is 10.6 Å². The highest BCUT2D eigenvalue weighted by Crippen LogP contribution is 2.29. The van der Waals surface area contributed by atoms with E-state index >= 15 is 0 Å². The Labute approximate surface area is 236 Å². The van der Waals surface area contributed by atoms with E-state index in [2.05, 4.69) is 63.6 Å². The number of anilines is 2. The van der Waals surface area contributed by atoms with E-state index in [1.807, 2.05) is 44.3 Å². The molecule has 1 amide bonds. The maximum Gasteiger partial charge on any atom is 0.229 e. The Morgan fingerprint density at radius 2 is 1.82 bits per heavy atom. The number of carbonyl (C=O) groups is 1. The quantitative estimate of drug-likeness (QED) is 0.317. The number of nitrogens with zero attached hydrogens (tertiary/aromatic N) is 7. The van der Waals surface area contributed by atoms with Gasteiger partial charge < -0.3 is 15.1 Å². The van der Waals surface area contributed by atoms with Crippen molar-refractivity contribution in [1.29, 1.82) is 0 Å². The van der Waals surface area contributed by atoms with Crippen LogP contribution in [0.2, 0.25) is 0 Å². The molecule has 0 atom stereocenters. The first kappa shape index (κ1) is 31.6. The molecule has 39 heavy (non-hydrogen) atoms. The fourth-order valence-corrected chi connectivity index (χ4v) is 4.40. The zero-order valence-corrected chi connectivity index (χ0v) is 25.4. The topological polar surface area (TPSA) is 99.5 Å². The number of rotatable bonds is 5. The molecule has 4 rings (SSSR count). The Hall–Kier alpha value is -3.66. The Bertz CT molecular complexity index is 1300. The summed E-state index contributed by atoms with van der Waals surface area (Å²) < 4.78 is 0. The summed E-state index contributed by atoms with van der Waals surface area (Å²) >= 11 is 1.64. The van der Waals surface area contributed by atoms with Crippen molar-refractivity contribution >= 4 is 45.8 Å². The van der Waals surface area contributed by atoms with E-state index in [0.29, 0.717) is 37.8 Å². The minimum atomic E-state index is 0.108. The van der Waals surface area contributed by atoms with Gasteiger partial charge in [-0.2, -0.15) is 9.97 Å². The van der Waals surface area contributed by atoms with Gasteiger partial charge in [-0.25, -0.2) is 9.97 Å². The summed E-state index contributed by atoms with van der Waals surface area (Å²) in [5, 5.41) is 4.97. The summed E-state index contributed by atoms with van der Waals surface area (Å²) in [6, 6.07) is 2.03. The fraction of sp³-hybridized carbons (Fsp3) is 0.448. The number of fused-ring (bicyclic) bond motifs is 1. The van der Waals surface area contributed by atoms with Crippen molar-refractivity contribution in [2.45, 2.75) is 48.0 Å². The first-order chi connectivity index (χ1) is 18.6. The molecule has 3 aromatic heterocycles. The summed E-state index contributed by atoms with van der Waals surface area (Å²) in [4.78, 5) is 38.8. The molecule has 1 fully saturated rings. The number of aryl methyl sites for hydroxylation is 1. The van der Waals surface area contributed by atoms with Crippen molar-refractivity contribution in [2.24, 2.45) is 4.99 Å². The largest absolute Gasteiger partial charge is 0.372 e. The van der Waals surface area contributed by atoms with Gasteiger partial charge in [0.15, 0.2) is 5.65 Å². The number of thiazole rings is 1. The van der Waals surface area contributed by atoms with Crippen molar-refractivity contribution < 1.29 is 4.79 Å². The van der Waals surface area contributed by atoms with Crippen LogP contribution in [0.3, 0.4) is 0 Å². The molecule has 1 aliphatic rings. The van der Waals surface area contributed by atoms with Gasteiger partial charge in [-0.05, 0) is 46.3 Å². The minimum absolute atomic E-state index is 0.108. The van der Waals surface area contributed by atoms with Gasteiger partial charge >= 0.3 is 0 Å². The molecule has 210 valence electrons. The Balaban J connectivity index is 0.000000374. The number of piperazine rings is 1. The smallest absolute Gasteiger partial charge is 0.229 e. The first-order valence-electron chi connectivity index (χ1n) is 13.1. The number of pyridine rings is 1. The highest BCUT2D eigenvalue weighted by Gasteiger charge is 2.22. The molecule has 0 aromatic carbocycles. The molecule has 0 radical (unpaired) electrons. The maximum absolute atomic E-state index is 11.5. The zero-order valence-electron chi connectivity index (χ0n) is 24.6. The predicted octanol–water partition coefficient (Wildman–Crippen LogP) is 5.79. The predicted molar refractivity (Wildman–Crippen MR) is 166 cm³/mol. The van der Waals surface area contributed by atoms with E-state index in [1.165, 1.54) is 12.0 Å². The van der Waals surface area contributed by atoms with Crippen molar-refractivity contribution in [3.05, 3.63) is 47.6 Å². The van der Waals surface area contributed by atoms with Crippen molar-refractivity contribution in [1.82, 2.24) is 24.8 Å². The highest BCUT2D eigenvalue weighted by atomic mass is 32.1. The molecule has 10 heteroatoms. The number of hydrogen-bond donors (Lipinski definition) is 1. The zero-order chi connectivity index (χ0) is 28.9. The van der Waals surface area contributed by atoms with Crippen molar-refractivity contribution in [2.75, 3.05) is 50.5 Å². The van der Waals surface area contributed by atoms with Crippen LogP contribution in [0.25, 0.3) is 21.6 Å². The van der Waals surface area contributed by atoms with E-state index in [4.69, 9.17) is 4.98 Å². The molecule has 1 saturated heterocycles. The lowest BCUT2D eigenvalue weighted by Gasteiger charge is -2.34. The summed E-state index contributed by atoms with van der Waals surface area (Å²) in [6.07, 6.45) is 8.77. The van der Waals surface area contributed by atoms with E-state index in [-0.39, 0.29) is 5.91 Å². The molecule has 0 unspecified atom stereocenters. The molecule has 0 bridgehead atoms. The molecule has 4 heterocycles. The molecule has 3 aromatic rings. The number of amides is 1. The third kappa shape index (κ3) is 9.55. The van der Waals surface area contributed by atoms with Gasteiger partial charge in [-0.3, -0.25) is 9.79 Å². The van der Waals surface area contributed by atoms with Crippen LogP contribution in [0.1, 0.15) is 45.9 Å². The summed E-state index contributed by atoms with van der Waals surface area (Å²) in [6.45, 7) is 18.2. The van der Waals surface area contributed by atoms with Crippen LogP contribution in [0.15, 0.2) is 47.8 Å². The molecule has 0 spiro atoms. The number of allylic oxidation sites excluding steroid dienone is 3. The molecular weight excluding hydrogens is 508 g/mol. The van der Waals surface area contributed by atoms with Gasteiger partial charge in [0, 0.05) is 75.7 Å². The molecular formula is C29H42N8OS. The third-order valence-corrected chi connectivity index (χ3v) is 6.87. The number of aliphatic imine (C=N–C) groups is 1. The number of aromatic nitrogens is 4. The summed E-state index contributed by atoms with van der Waals surface area (Å²) in [7, 11) is 3.59. The first-order valence-corrected chi connectivity index (χ1v) is 13.9. The molecule has 1 N–H and O–H groups in total. The number of hydrogen-bond acceptors (Lipinski definition) is 9. The van der Waals surface area contributed by atoms with Crippen LogP contribution in [0.5, 0.6) is 0 Å². The standard InChI is InChI=1S/C18H21N7OS.C6H12.C5H9N/c1-11-9-21-17(27-11)13-8-14-15(19-3)22-18(23-16(14)20-10-13)25-6-4-24(5-7-25)12(2)26;1-4-5-6(2)3;1-4-5(2)6-3/h8-10H,4-7H2,1-3H3,(H,19,20,22,23);5H,4H2,1-3H3;4H,1H2,2-3H3. The molecule has 0 aliphatic carbocycles. The second-order valence-corrected chi connectivity index (χ2v) is 10.5. The lowest BCUT2D eigenvalue weighted by molar-refractivity contribution is -0.129. The average Bonchev–Trinajstić information content (AvgIpc) is 3.38. The lowest BCUT2D eigenvalue weighted by Crippen LogP contribution is -2.48. The van der Waals surface area contributed by atoms with Crippen LogP contribution < -0.4 is 10.2 Å². The highest BCUT2D eigenvalue weighted by molar-refractivity contribution is 7.14. The van der Waals surface area contributed by atoms with Crippen molar-refractivity contribution in [3.63, 3.8) is 0 Å². The van der Waals surface area contributed by atoms with Crippen LogP contribution in [0, 0.1) is 6.92 Å². The van der Waals surface area contributed by atoms with E-state index < -0.39 is 0 Å². The number of carbonyl (C=O) groups excluding carboxylic acids is 1. The normalized spacial score (nSPS) is 13.1. The van der Waals surface area contributed by atoms with Gasteiger partial charge in [-0.15, -0.1) is 11.3 Å². The second-order valence-electron chi connectivity index (χ2n) is 9.25. The van der Waals surface area contributed by atoms with Crippen LogP contribution in [0.4, 0.5) is 11.8 Å². The Kier molecular flexibility index (Phi) is 12.7. The number of nitrogens with one attached hydrogen (secondary N) is 1. The van der Waals surface area contributed by atoms with Gasteiger partial charge in [0.25, 0.3) is 0 Å². The summed E-state index contributed by atoms with van der Waals surface area (Å²) in [5.74, 6) is 1.49. The van der Waals surface area contributed by atoms with Crippen LogP contribution in [-0.2, 0) is 4.79 Å². The molecule has 0 saturated carbocycles. The summed E-state index contributed by atoms with van der Waals surface area (Å²) in [5.41, 5.74) is 4.01. The van der Waals surface area contributed by atoms with Gasteiger partial charge in [-0.1, -0.05) is 25.2 Å². The third-order valence-electron chi connectivity index (χ3n) is 5.91. The maximum atomic E-state index is 11.5. The Morgan fingerprint density at radius 3 is 2.26 bits per heavy atom. The minimum Gasteiger partial charge on any atom is -0.372 e. The van der Waals surface area contributed by atoms with Crippen LogP contribution in [-0.4, -0.2) is 76.7 Å². The van der Waals surface area contributed by atoms with E-state index in [1.54, 1.807) is 31.4 Å². The van der Waals surface area contributed by atoms with Gasteiger partial charge in [0.1, 0.15) is 10.8 Å². The monoisotopic (exact) mass is 550 g/mol. The lowest BCUT2D eigenvalue weighted by atomic mass is 10.2. The SMILES string of the molecule is C=CC(C)=NC.CCC=C(C)C.CNc1nc(N2CCN(C(C)=O)CC2)nc2ncc(-c3ncc(C)s3)cc12. The fourth-order valence-electron chi connectivity index (χ4n) is 3.66. The van der Waals surface area contributed by atoms with E-state index in [0.717, 1.165) is 32.4 Å². The van der Waals surface area contributed by atoms with Crippen LogP contribution >= 0.6 is 11.3 Å². The molecule has 9 nitrogen and oxygen atoms in total. The average molecular weight is 551 g/mol.